The van der Waals surface area contributed by atoms with E-state index in [4.69, 9.17) is 10.5 Å². The van der Waals surface area contributed by atoms with Gasteiger partial charge >= 0.3 is 0 Å². The van der Waals surface area contributed by atoms with E-state index in [9.17, 15) is 0 Å². The number of hydrogen-bond acceptors (Lipinski definition) is 4. The molecule has 0 saturated heterocycles. The second-order valence-electron chi connectivity index (χ2n) is 1.78. The Hall–Kier alpha value is -0.600. The number of hydrogen-bond donors (Lipinski definition) is 2. The first-order valence-electron chi connectivity index (χ1n) is 2.82. The van der Waals surface area contributed by atoms with Gasteiger partial charge in [-0.25, -0.2) is 9.78 Å². The summed E-state index contributed by atoms with van der Waals surface area (Å²) in [5.41, 5.74) is 0. The van der Waals surface area contributed by atoms with Crippen LogP contribution in [0.5, 0.6) is 0 Å². The Kier molecular flexibility index (Phi) is 4.89. The van der Waals surface area contributed by atoms with Gasteiger partial charge in [-0.3, -0.25) is 10.5 Å². The summed E-state index contributed by atoms with van der Waals surface area (Å²) in [5.74, 6) is 4.95. The van der Waals surface area contributed by atoms with Crippen LogP contribution in [0.3, 0.4) is 0 Å². The normalized spacial score (nSPS) is 15.2. The maximum absolute atomic E-state index is 8.01. The molecular formula is C6H10O4. The van der Waals surface area contributed by atoms with Crippen LogP contribution >= 0.6 is 0 Å². The summed E-state index contributed by atoms with van der Waals surface area (Å²) in [5, 5.41) is 16.0. The van der Waals surface area contributed by atoms with Gasteiger partial charge in [0, 0.05) is 0 Å². The van der Waals surface area contributed by atoms with Gasteiger partial charge in [-0.2, -0.15) is 0 Å². The topological polar surface area (TPSA) is 58.9 Å². The van der Waals surface area contributed by atoms with E-state index in [0.29, 0.717) is 0 Å². The zero-order valence-corrected chi connectivity index (χ0v) is 5.87. The molecule has 0 aliphatic carbocycles. The Morgan fingerprint density at radius 1 is 1.00 bits per heavy atom. The van der Waals surface area contributed by atoms with Gasteiger partial charge < -0.3 is 0 Å². The van der Waals surface area contributed by atoms with Gasteiger partial charge in [-0.1, -0.05) is 11.8 Å². The highest BCUT2D eigenvalue weighted by atomic mass is 17.1. The fourth-order valence-electron chi connectivity index (χ4n) is 0.287. The van der Waals surface area contributed by atoms with Crippen LogP contribution in [0.2, 0.25) is 0 Å². The molecule has 2 atom stereocenters. The average Bonchev–Trinajstić information content (AvgIpc) is 1.99. The van der Waals surface area contributed by atoms with E-state index in [1.165, 1.54) is 0 Å². The minimum atomic E-state index is -0.558. The van der Waals surface area contributed by atoms with E-state index >= 15 is 0 Å². The first-order valence-corrected chi connectivity index (χ1v) is 2.82. The van der Waals surface area contributed by atoms with Crippen LogP contribution in [0.15, 0.2) is 0 Å². The third kappa shape index (κ3) is 4.30. The lowest BCUT2D eigenvalue weighted by Gasteiger charge is -1.97. The third-order valence-corrected chi connectivity index (χ3v) is 0.806. The van der Waals surface area contributed by atoms with Gasteiger partial charge in [-0.05, 0) is 13.8 Å². The zero-order chi connectivity index (χ0) is 7.98. The molecule has 58 valence electrons. The molecule has 0 aromatic carbocycles. The van der Waals surface area contributed by atoms with Crippen molar-refractivity contribution < 1.29 is 20.3 Å². The first-order chi connectivity index (χ1) is 4.70. The fourth-order valence-corrected chi connectivity index (χ4v) is 0.287. The Balaban J connectivity index is 3.66. The lowest BCUT2D eigenvalue weighted by Crippen LogP contribution is -2.05. The summed E-state index contributed by atoms with van der Waals surface area (Å²) in [4.78, 5) is 7.67. The van der Waals surface area contributed by atoms with E-state index in [1.54, 1.807) is 13.8 Å². The Bertz CT molecular complexity index is 120. The molecule has 0 amide bonds. The van der Waals surface area contributed by atoms with Crippen molar-refractivity contribution in [1.29, 1.82) is 0 Å². The van der Waals surface area contributed by atoms with Gasteiger partial charge in [-0.15, -0.1) is 0 Å². The molecule has 0 spiro atoms. The van der Waals surface area contributed by atoms with E-state index in [1.807, 2.05) is 0 Å². The lowest BCUT2D eigenvalue weighted by molar-refractivity contribution is -0.261. The molecule has 0 heterocycles. The van der Waals surface area contributed by atoms with Crippen molar-refractivity contribution in [3.8, 4) is 11.8 Å². The Labute approximate surface area is 59.2 Å². The first kappa shape index (κ1) is 9.40. The van der Waals surface area contributed by atoms with E-state index in [0.717, 1.165) is 0 Å². The highest BCUT2D eigenvalue weighted by Gasteiger charge is 1.95. The molecule has 0 rings (SSSR count). The highest BCUT2D eigenvalue weighted by Crippen LogP contribution is 1.86. The van der Waals surface area contributed by atoms with E-state index < -0.39 is 12.2 Å². The predicted octanol–water partition coefficient (Wildman–Crippen LogP) is 0.746. The third-order valence-electron chi connectivity index (χ3n) is 0.806. The van der Waals surface area contributed by atoms with Crippen LogP contribution < -0.4 is 0 Å². The van der Waals surface area contributed by atoms with Crippen LogP contribution in [-0.2, 0) is 9.78 Å². The van der Waals surface area contributed by atoms with Gasteiger partial charge in [0.05, 0.1) is 0 Å². The molecule has 0 aliphatic heterocycles. The van der Waals surface area contributed by atoms with Crippen LogP contribution in [0, 0.1) is 11.8 Å². The van der Waals surface area contributed by atoms with Gasteiger partial charge in [0.15, 0.2) is 12.2 Å². The highest BCUT2D eigenvalue weighted by molar-refractivity contribution is 5.07. The minimum Gasteiger partial charge on any atom is -0.251 e. The monoisotopic (exact) mass is 146 g/mol. The largest absolute Gasteiger partial charge is 0.251 e. The summed E-state index contributed by atoms with van der Waals surface area (Å²) in [6.07, 6.45) is -1.12. The summed E-state index contributed by atoms with van der Waals surface area (Å²) in [6.45, 7) is 3.13. The summed E-state index contributed by atoms with van der Waals surface area (Å²) >= 11 is 0. The molecule has 2 unspecified atom stereocenters. The quantitative estimate of drug-likeness (QED) is 0.343. The number of rotatable bonds is 2. The van der Waals surface area contributed by atoms with Crippen molar-refractivity contribution >= 4 is 0 Å². The molecule has 2 N–H and O–H groups in total. The molecule has 0 aliphatic rings. The van der Waals surface area contributed by atoms with Crippen molar-refractivity contribution in [1.82, 2.24) is 0 Å². The molecule has 10 heavy (non-hydrogen) atoms. The molecular weight excluding hydrogens is 136 g/mol. The van der Waals surface area contributed by atoms with Crippen LogP contribution in [-0.4, -0.2) is 22.7 Å². The molecule has 0 aromatic rings. The van der Waals surface area contributed by atoms with Crippen LogP contribution in [0.25, 0.3) is 0 Å². The van der Waals surface area contributed by atoms with Crippen molar-refractivity contribution in [2.75, 3.05) is 0 Å². The second-order valence-corrected chi connectivity index (χ2v) is 1.78. The van der Waals surface area contributed by atoms with Crippen LogP contribution in [0.4, 0.5) is 0 Å². The minimum absolute atomic E-state index is 0.558. The average molecular weight is 146 g/mol. The molecule has 4 nitrogen and oxygen atoms in total. The van der Waals surface area contributed by atoms with Gasteiger partial charge in [0.25, 0.3) is 0 Å². The Morgan fingerprint density at radius 2 is 1.30 bits per heavy atom. The predicted molar refractivity (Wildman–Crippen MR) is 34.1 cm³/mol. The molecule has 0 saturated carbocycles. The smallest absolute Gasteiger partial charge is 0.150 e. The fraction of sp³-hybridized carbons (Fsp3) is 0.667. The van der Waals surface area contributed by atoms with Gasteiger partial charge in [0.1, 0.15) is 0 Å². The molecule has 4 heteroatoms. The summed E-state index contributed by atoms with van der Waals surface area (Å²) in [6, 6.07) is 0. The Morgan fingerprint density at radius 3 is 1.50 bits per heavy atom. The SMILES string of the molecule is CC(C#CC(C)OO)OO. The van der Waals surface area contributed by atoms with E-state index in [-0.39, 0.29) is 0 Å². The second kappa shape index (κ2) is 5.21. The molecule has 0 bridgehead atoms. The standard InChI is InChI=1S/C6H10O4/c1-5(9-7)3-4-6(2)10-8/h5-8H,1-2H3. The molecule has 0 fully saturated rings. The lowest BCUT2D eigenvalue weighted by atomic mass is 10.3. The van der Waals surface area contributed by atoms with Crippen LogP contribution in [0.1, 0.15) is 13.8 Å². The van der Waals surface area contributed by atoms with Gasteiger partial charge in [0.2, 0.25) is 0 Å². The van der Waals surface area contributed by atoms with Crippen molar-refractivity contribution in [2.45, 2.75) is 26.1 Å². The van der Waals surface area contributed by atoms with E-state index in [2.05, 4.69) is 21.6 Å². The molecule has 0 aromatic heterocycles. The maximum atomic E-state index is 8.01. The molecule has 0 radical (unpaired) electrons. The maximum Gasteiger partial charge on any atom is 0.150 e. The summed E-state index contributed by atoms with van der Waals surface area (Å²) in [7, 11) is 0. The van der Waals surface area contributed by atoms with Crippen molar-refractivity contribution in [3.05, 3.63) is 0 Å². The summed E-state index contributed by atoms with van der Waals surface area (Å²) < 4.78 is 0. The van der Waals surface area contributed by atoms with Crippen molar-refractivity contribution in [2.24, 2.45) is 0 Å². The zero-order valence-electron chi connectivity index (χ0n) is 5.87. The van der Waals surface area contributed by atoms with Crippen molar-refractivity contribution in [3.63, 3.8) is 0 Å².